The normalized spacial score (nSPS) is 18.4. The monoisotopic (exact) mass is 461 g/mol. The van der Waals surface area contributed by atoms with Crippen LogP contribution in [-0.4, -0.2) is 49.8 Å². The number of imide groups is 1. The first-order chi connectivity index (χ1) is 14.7. The molecule has 0 saturated carbocycles. The highest BCUT2D eigenvalue weighted by atomic mass is 28.4. The third kappa shape index (κ3) is 5.87. The summed E-state index contributed by atoms with van der Waals surface area (Å²) in [5, 5.41) is -0.0813. The zero-order valence-corrected chi connectivity index (χ0v) is 21.9. The lowest BCUT2D eigenvalue weighted by Gasteiger charge is -2.43. The van der Waals surface area contributed by atoms with Gasteiger partial charge in [0.05, 0.1) is 18.6 Å². The molecule has 2 rings (SSSR count). The number of cyclic esters (lactones) is 1. The second-order valence-electron chi connectivity index (χ2n) is 10.8. The molecule has 1 heterocycles. The summed E-state index contributed by atoms with van der Waals surface area (Å²) in [6.07, 6.45) is -0.383. The number of carbonyl (C=O) groups is 3. The summed E-state index contributed by atoms with van der Waals surface area (Å²) in [7, 11) is -2.28. The first-order valence-corrected chi connectivity index (χ1v) is 14.4. The van der Waals surface area contributed by atoms with E-state index >= 15 is 0 Å². The molecule has 1 aromatic rings. The highest BCUT2D eigenvalue weighted by Crippen LogP contribution is 2.41. The second kappa shape index (κ2) is 9.87. The minimum Gasteiger partial charge on any atom is -0.447 e. The van der Waals surface area contributed by atoms with Crippen LogP contribution in [0.1, 0.15) is 59.9 Å². The molecule has 0 N–H and O–H groups in total. The molecular formula is C25H39NO5Si. The van der Waals surface area contributed by atoms with Crippen LogP contribution in [0.5, 0.6) is 0 Å². The van der Waals surface area contributed by atoms with Crippen molar-refractivity contribution in [2.45, 2.75) is 91.1 Å². The third-order valence-corrected chi connectivity index (χ3v) is 11.5. The van der Waals surface area contributed by atoms with Crippen LogP contribution in [0.2, 0.25) is 18.1 Å². The van der Waals surface area contributed by atoms with E-state index in [2.05, 4.69) is 33.9 Å². The van der Waals surface area contributed by atoms with Gasteiger partial charge in [-0.15, -0.1) is 0 Å². The van der Waals surface area contributed by atoms with Crippen molar-refractivity contribution in [2.24, 2.45) is 5.41 Å². The Labute approximate surface area is 193 Å². The van der Waals surface area contributed by atoms with Crippen molar-refractivity contribution in [3.05, 3.63) is 35.9 Å². The van der Waals surface area contributed by atoms with E-state index in [-0.39, 0.29) is 35.8 Å². The average Bonchev–Trinajstić information content (AvgIpc) is 3.06. The maximum Gasteiger partial charge on any atom is 0.416 e. The maximum absolute atomic E-state index is 13.4. The van der Waals surface area contributed by atoms with E-state index in [0.29, 0.717) is 12.8 Å². The summed E-state index contributed by atoms with van der Waals surface area (Å²) in [4.78, 5) is 39.9. The molecule has 6 nitrogen and oxygen atoms in total. The Morgan fingerprint density at radius 1 is 1.16 bits per heavy atom. The molecule has 32 heavy (non-hydrogen) atoms. The Hall–Kier alpha value is -1.99. The number of carbonyl (C=O) groups excluding carboxylic acids is 3. The van der Waals surface area contributed by atoms with Crippen molar-refractivity contribution in [3.8, 4) is 0 Å². The molecule has 0 spiro atoms. The summed E-state index contributed by atoms with van der Waals surface area (Å²) in [5.74, 6) is -0.312. The lowest BCUT2D eigenvalue weighted by molar-refractivity contribution is -0.137. The van der Waals surface area contributed by atoms with Crippen LogP contribution in [0, 0.1) is 5.41 Å². The molecule has 0 bridgehead atoms. The lowest BCUT2D eigenvalue weighted by Crippen LogP contribution is -2.52. The molecule has 1 aromatic carbocycles. The van der Waals surface area contributed by atoms with Gasteiger partial charge in [-0.1, -0.05) is 71.9 Å². The summed E-state index contributed by atoms with van der Waals surface area (Å²) in [6, 6.07) is 9.37. The van der Waals surface area contributed by atoms with Gasteiger partial charge in [0.25, 0.3) is 0 Å². The molecule has 2 atom stereocenters. The van der Waals surface area contributed by atoms with Crippen LogP contribution in [-0.2, 0) is 25.2 Å². The number of amides is 2. The Bertz CT molecular complexity index is 828. The van der Waals surface area contributed by atoms with Crippen LogP contribution >= 0.6 is 0 Å². The highest BCUT2D eigenvalue weighted by Gasteiger charge is 2.47. The fourth-order valence-corrected chi connectivity index (χ4v) is 5.11. The first kappa shape index (κ1) is 26.3. The molecule has 0 aromatic heterocycles. The molecule has 2 amide bonds. The fraction of sp³-hybridized carbons (Fsp3) is 0.640. The van der Waals surface area contributed by atoms with Crippen molar-refractivity contribution >= 4 is 26.1 Å². The number of ketones is 1. The average molecular weight is 462 g/mol. The van der Waals surface area contributed by atoms with Gasteiger partial charge in [0, 0.05) is 11.8 Å². The van der Waals surface area contributed by atoms with Gasteiger partial charge >= 0.3 is 6.09 Å². The van der Waals surface area contributed by atoms with Gasteiger partial charge in [-0.05, 0) is 30.1 Å². The van der Waals surface area contributed by atoms with Gasteiger partial charge in [-0.2, -0.15) is 0 Å². The minimum absolute atomic E-state index is 0.0361. The van der Waals surface area contributed by atoms with Gasteiger partial charge in [0.1, 0.15) is 12.4 Å². The molecule has 0 radical (unpaired) electrons. The molecule has 7 heteroatoms. The van der Waals surface area contributed by atoms with E-state index in [4.69, 9.17) is 9.16 Å². The second-order valence-corrected chi connectivity index (χ2v) is 15.5. The van der Waals surface area contributed by atoms with Crippen molar-refractivity contribution < 1.29 is 23.5 Å². The van der Waals surface area contributed by atoms with Crippen molar-refractivity contribution in [1.29, 1.82) is 0 Å². The summed E-state index contributed by atoms with van der Waals surface area (Å²) >= 11 is 0. The number of hydrogen-bond acceptors (Lipinski definition) is 5. The van der Waals surface area contributed by atoms with Gasteiger partial charge in [0.15, 0.2) is 8.32 Å². The summed E-state index contributed by atoms with van der Waals surface area (Å²) < 4.78 is 11.9. The standard InChI is InChI=1S/C25H39NO5Si/c1-9-20(27)25(5,6)21(31-32(7,8)24(2,3)4)16-22(28)26-19(17-30-23(26)29)15-18-13-11-10-12-14-18/h10-14,19,21H,9,15-17H2,1-8H3. The van der Waals surface area contributed by atoms with Gasteiger partial charge in [0.2, 0.25) is 5.91 Å². The summed E-state index contributed by atoms with van der Waals surface area (Å²) in [6.45, 7) is 16.3. The molecule has 2 unspecified atom stereocenters. The SMILES string of the molecule is CCC(=O)C(C)(C)C(CC(=O)N1C(=O)OCC1Cc1ccccc1)O[Si](C)(C)C(C)(C)C. The van der Waals surface area contributed by atoms with E-state index in [1.165, 1.54) is 4.90 Å². The van der Waals surface area contributed by atoms with E-state index in [1.54, 1.807) is 0 Å². The van der Waals surface area contributed by atoms with Crippen molar-refractivity contribution in [3.63, 3.8) is 0 Å². The number of benzene rings is 1. The van der Waals surface area contributed by atoms with Crippen LogP contribution in [0.3, 0.4) is 0 Å². The number of rotatable bonds is 9. The van der Waals surface area contributed by atoms with Crippen LogP contribution in [0.15, 0.2) is 30.3 Å². The Morgan fingerprint density at radius 3 is 2.28 bits per heavy atom. The predicted octanol–water partition coefficient (Wildman–Crippen LogP) is 5.36. The van der Waals surface area contributed by atoms with E-state index in [1.807, 2.05) is 51.1 Å². The smallest absolute Gasteiger partial charge is 0.416 e. The van der Waals surface area contributed by atoms with E-state index in [0.717, 1.165) is 5.56 Å². The van der Waals surface area contributed by atoms with Crippen LogP contribution < -0.4 is 0 Å². The maximum atomic E-state index is 13.4. The largest absolute Gasteiger partial charge is 0.447 e. The molecule has 1 fully saturated rings. The lowest BCUT2D eigenvalue weighted by atomic mass is 9.79. The zero-order valence-electron chi connectivity index (χ0n) is 20.9. The van der Waals surface area contributed by atoms with Gasteiger partial charge in [-0.3, -0.25) is 9.59 Å². The Balaban J connectivity index is 2.29. The molecule has 1 aliphatic rings. The first-order valence-electron chi connectivity index (χ1n) is 11.4. The highest BCUT2D eigenvalue weighted by molar-refractivity contribution is 6.74. The quantitative estimate of drug-likeness (QED) is 0.463. The van der Waals surface area contributed by atoms with Gasteiger partial charge < -0.3 is 9.16 Å². The number of hydrogen-bond donors (Lipinski definition) is 0. The Morgan fingerprint density at radius 2 is 1.75 bits per heavy atom. The molecule has 1 saturated heterocycles. The third-order valence-electron chi connectivity index (χ3n) is 6.99. The minimum atomic E-state index is -2.28. The van der Waals surface area contributed by atoms with Gasteiger partial charge in [-0.25, -0.2) is 9.69 Å². The topological polar surface area (TPSA) is 72.9 Å². The van der Waals surface area contributed by atoms with E-state index < -0.39 is 25.9 Å². The number of nitrogens with zero attached hydrogens (tertiary/aromatic N) is 1. The fourth-order valence-electron chi connectivity index (χ4n) is 3.67. The predicted molar refractivity (Wildman–Crippen MR) is 128 cm³/mol. The summed E-state index contributed by atoms with van der Waals surface area (Å²) in [5.41, 5.74) is 0.183. The molecule has 1 aliphatic heterocycles. The number of Topliss-reactive ketones (excluding diaryl/α,β-unsaturated/α-hetero) is 1. The Kier molecular flexibility index (Phi) is 8.10. The van der Waals surface area contributed by atoms with Crippen molar-refractivity contribution in [2.75, 3.05) is 6.61 Å². The molecule has 0 aliphatic carbocycles. The van der Waals surface area contributed by atoms with Crippen LogP contribution in [0.4, 0.5) is 4.79 Å². The molecule has 178 valence electrons. The van der Waals surface area contributed by atoms with Crippen molar-refractivity contribution in [1.82, 2.24) is 4.90 Å². The number of ether oxygens (including phenoxy) is 1. The van der Waals surface area contributed by atoms with E-state index in [9.17, 15) is 14.4 Å². The van der Waals surface area contributed by atoms with Crippen LogP contribution in [0.25, 0.3) is 0 Å². The molecular weight excluding hydrogens is 422 g/mol. The zero-order chi connectivity index (χ0) is 24.3.